The maximum atomic E-state index is 12.2. The molecule has 0 radical (unpaired) electrons. The fraction of sp³-hybridized carbons (Fsp3) is 0.364. The third-order valence-electron chi connectivity index (χ3n) is 3.32. The van der Waals surface area contributed by atoms with Crippen molar-refractivity contribution in [1.82, 2.24) is 20.7 Å². The maximum Gasteiger partial charge on any atom is 0.281 e. The Kier molecular flexibility index (Phi) is 2.58. The summed E-state index contributed by atoms with van der Waals surface area (Å²) in [6, 6.07) is 3.26. The lowest BCUT2D eigenvalue weighted by molar-refractivity contribution is 0.0526. The van der Waals surface area contributed by atoms with Crippen LogP contribution < -0.4 is 16.6 Å². The van der Waals surface area contributed by atoms with Gasteiger partial charge >= 0.3 is 0 Å². The smallest absolute Gasteiger partial charge is 0.281 e. The van der Waals surface area contributed by atoms with Gasteiger partial charge in [-0.1, -0.05) is 0 Å². The average Bonchev–Trinajstić information content (AvgIpc) is 2.95. The molecule has 7 nitrogen and oxygen atoms in total. The van der Waals surface area contributed by atoms with E-state index in [1.165, 1.54) is 11.1 Å². The number of hydrogen-bond donors (Lipinski definition) is 3. The monoisotopic (exact) mass is 247 g/mol. The molecule has 2 amide bonds. The van der Waals surface area contributed by atoms with Gasteiger partial charge in [0.2, 0.25) is 0 Å². The molecule has 0 bridgehead atoms. The molecule has 0 saturated carbocycles. The van der Waals surface area contributed by atoms with Crippen molar-refractivity contribution in [3.8, 4) is 0 Å². The summed E-state index contributed by atoms with van der Waals surface area (Å²) in [5.74, 6) is -0.676. The minimum atomic E-state index is -0.413. The van der Waals surface area contributed by atoms with Crippen molar-refractivity contribution >= 4 is 11.8 Å². The fourth-order valence-corrected chi connectivity index (χ4v) is 2.35. The van der Waals surface area contributed by atoms with E-state index in [2.05, 4.69) is 15.8 Å². The van der Waals surface area contributed by atoms with E-state index in [4.69, 9.17) is 5.73 Å². The van der Waals surface area contributed by atoms with Gasteiger partial charge in [0.15, 0.2) is 0 Å². The summed E-state index contributed by atoms with van der Waals surface area (Å²) >= 11 is 0. The Labute approximate surface area is 103 Å². The molecular weight excluding hydrogens is 234 g/mol. The number of carbonyl (C=O) groups is 2. The van der Waals surface area contributed by atoms with Gasteiger partial charge in [0, 0.05) is 18.7 Å². The van der Waals surface area contributed by atoms with Crippen molar-refractivity contribution in [2.24, 2.45) is 11.7 Å². The van der Waals surface area contributed by atoms with Crippen molar-refractivity contribution in [3.05, 3.63) is 29.6 Å². The summed E-state index contributed by atoms with van der Waals surface area (Å²) in [5, 5.41) is 0. The third-order valence-corrected chi connectivity index (χ3v) is 3.32. The number of hydrazine groups is 1. The SMILES string of the molecule is NCC1CNNC1N1C(=O)c2cccnc2C1=O. The zero-order valence-electron chi connectivity index (χ0n) is 9.59. The Morgan fingerprint density at radius 1 is 1.44 bits per heavy atom. The molecule has 2 aliphatic rings. The molecule has 2 unspecified atom stereocenters. The van der Waals surface area contributed by atoms with Gasteiger partial charge in [-0.15, -0.1) is 0 Å². The van der Waals surface area contributed by atoms with Crippen LogP contribution in [0.5, 0.6) is 0 Å². The number of amides is 2. The molecule has 0 aromatic carbocycles. The fourth-order valence-electron chi connectivity index (χ4n) is 2.35. The summed E-state index contributed by atoms with van der Waals surface area (Å²) in [4.78, 5) is 29.6. The second kappa shape index (κ2) is 4.13. The van der Waals surface area contributed by atoms with Crippen molar-refractivity contribution in [2.75, 3.05) is 13.1 Å². The van der Waals surface area contributed by atoms with E-state index in [1.54, 1.807) is 12.1 Å². The molecule has 0 spiro atoms. The van der Waals surface area contributed by atoms with Gasteiger partial charge in [0.25, 0.3) is 11.8 Å². The summed E-state index contributed by atoms with van der Waals surface area (Å²) < 4.78 is 0. The van der Waals surface area contributed by atoms with Gasteiger partial charge in [-0.05, 0) is 18.7 Å². The molecule has 0 aliphatic carbocycles. The minimum Gasteiger partial charge on any atom is -0.330 e. The van der Waals surface area contributed by atoms with E-state index in [0.717, 1.165) is 0 Å². The van der Waals surface area contributed by atoms with Gasteiger partial charge < -0.3 is 5.73 Å². The van der Waals surface area contributed by atoms with Crippen molar-refractivity contribution in [1.29, 1.82) is 0 Å². The van der Waals surface area contributed by atoms with Crippen molar-refractivity contribution in [2.45, 2.75) is 6.17 Å². The molecular formula is C11H13N5O2. The first-order valence-electron chi connectivity index (χ1n) is 5.75. The molecule has 3 heterocycles. The van der Waals surface area contributed by atoms with Crippen LogP contribution in [0.4, 0.5) is 0 Å². The first-order valence-corrected chi connectivity index (χ1v) is 5.75. The summed E-state index contributed by atoms with van der Waals surface area (Å²) in [5.41, 5.74) is 12.1. The number of hydrogen-bond acceptors (Lipinski definition) is 6. The predicted octanol–water partition coefficient (Wildman–Crippen LogP) is -1.31. The Hall–Kier alpha value is -1.83. The zero-order chi connectivity index (χ0) is 12.7. The highest BCUT2D eigenvalue weighted by Gasteiger charge is 2.44. The van der Waals surface area contributed by atoms with Crippen molar-refractivity contribution < 1.29 is 9.59 Å². The van der Waals surface area contributed by atoms with Crippen LogP contribution in [-0.2, 0) is 0 Å². The second-order valence-corrected chi connectivity index (χ2v) is 4.35. The standard InChI is InChI=1S/C11H13N5O2/c12-4-6-5-14-15-9(6)16-10(17)7-2-1-3-13-8(7)11(16)18/h1-3,6,9,14-15H,4-5,12H2. The number of rotatable bonds is 2. The number of pyridine rings is 1. The number of imide groups is 1. The quantitative estimate of drug-likeness (QED) is 0.561. The van der Waals surface area contributed by atoms with E-state index in [1.807, 2.05) is 0 Å². The molecule has 2 aliphatic heterocycles. The normalized spacial score (nSPS) is 26.8. The first kappa shape index (κ1) is 11.3. The van der Waals surface area contributed by atoms with Gasteiger partial charge in [-0.3, -0.25) is 24.9 Å². The van der Waals surface area contributed by atoms with Crippen LogP contribution in [0.3, 0.4) is 0 Å². The summed E-state index contributed by atoms with van der Waals surface area (Å²) in [6.45, 7) is 1.02. The Morgan fingerprint density at radius 3 is 3.00 bits per heavy atom. The van der Waals surface area contributed by atoms with E-state index < -0.39 is 6.17 Å². The largest absolute Gasteiger partial charge is 0.330 e. The Balaban J connectivity index is 1.97. The number of carbonyl (C=O) groups excluding carboxylic acids is 2. The number of aromatic nitrogens is 1. The Bertz CT molecular complexity index is 483. The highest BCUT2D eigenvalue weighted by atomic mass is 16.2. The highest BCUT2D eigenvalue weighted by Crippen LogP contribution is 2.25. The number of fused-ring (bicyclic) bond motifs is 1. The molecule has 1 fully saturated rings. The molecule has 7 heteroatoms. The van der Waals surface area contributed by atoms with Crippen molar-refractivity contribution in [3.63, 3.8) is 0 Å². The Morgan fingerprint density at radius 2 is 2.28 bits per heavy atom. The summed E-state index contributed by atoms with van der Waals surface area (Å²) in [6.07, 6.45) is 1.10. The van der Waals surface area contributed by atoms with E-state index in [0.29, 0.717) is 18.7 Å². The number of nitrogens with one attached hydrogen (secondary N) is 2. The molecule has 2 atom stereocenters. The lowest BCUT2D eigenvalue weighted by atomic mass is 10.1. The highest BCUT2D eigenvalue weighted by molar-refractivity contribution is 6.20. The van der Waals surface area contributed by atoms with Crippen LogP contribution in [0, 0.1) is 5.92 Å². The maximum absolute atomic E-state index is 12.2. The molecule has 94 valence electrons. The van der Waals surface area contributed by atoms with Gasteiger partial charge in [-0.25, -0.2) is 5.43 Å². The van der Waals surface area contributed by atoms with E-state index >= 15 is 0 Å². The van der Waals surface area contributed by atoms with Crippen LogP contribution in [0.2, 0.25) is 0 Å². The van der Waals surface area contributed by atoms with Gasteiger partial charge in [0.1, 0.15) is 11.9 Å². The minimum absolute atomic E-state index is 0.00668. The summed E-state index contributed by atoms with van der Waals surface area (Å²) in [7, 11) is 0. The lowest BCUT2D eigenvalue weighted by Crippen LogP contribution is -2.51. The van der Waals surface area contributed by atoms with Crippen LogP contribution in [0.25, 0.3) is 0 Å². The van der Waals surface area contributed by atoms with Gasteiger partial charge in [0.05, 0.1) is 5.56 Å². The molecule has 4 N–H and O–H groups in total. The lowest BCUT2D eigenvalue weighted by Gasteiger charge is -2.25. The third kappa shape index (κ3) is 1.45. The van der Waals surface area contributed by atoms with Crippen LogP contribution in [-0.4, -0.2) is 41.0 Å². The number of nitrogens with two attached hydrogens (primary N) is 1. The van der Waals surface area contributed by atoms with Gasteiger partial charge in [-0.2, -0.15) is 0 Å². The first-order chi connectivity index (χ1) is 8.74. The van der Waals surface area contributed by atoms with E-state index in [9.17, 15) is 9.59 Å². The molecule has 3 rings (SSSR count). The van der Waals surface area contributed by atoms with Crippen LogP contribution in [0.15, 0.2) is 18.3 Å². The van der Waals surface area contributed by atoms with Crippen LogP contribution in [0.1, 0.15) is 20.8 Å². The molecule has 1 aromatic rings. The van der Waals surface area contributed by atoms with E-state index in [-0.39, 0.29) is 23.4 Å². The predicted molar refractivity (Wildman–Crippen MR) is 62.2 cm³/mol. The average molecular weight is 247 g/mol. The zero-order valence-corrected chi connectivity index (χ0v) is 9.59. The molecule has 1 saturated heterocycles. The molecule has 1 aromatic heterocycles. The van der Waals surface area contributed by atoms with Crippen LogP contribution >= 0.6 is 0 Å². The number of nitrogens with zero attached hydrogens (tertiary/aromatic N) is 2. The molecule has 18 heavy (non-hydrogen) atoms. The topological polar surface area (TPSA) is 100 Å². The second-order valence-electron chi connectivity index (χ2n) is 4.35.